The zero-order valence-electron chi connectivity index (χ0n) is 9.67. The van der Waals surface area contributed by atoms with Crippen LogP contribution in [0.3, 0.4) is 0 Å². The van der Waals surface area contributed by atoms with Crippen molar-refractivity contribution in [2.75, 3.05) is 5.73 Å². The molecular formula is C14H12N2O2. The number of ether oxygens (including phenoxy) is 1. The molecule has 0 bridgehead atoms. The van der Waals surface area contributed by atoms with Gasteiger partial charge in [0.15, 0.2) is 12.2 Å². The Balaban J connectivity index is 1.79. The molecule has 18 heavy (non-hydrogen) atoms. The van der Waals surface area contributed by atoms with E-state index in [0.29, 0.717) is 18.2 Å². The smallest absolute Gasteiger partial charge is 0.233 e. The summed E-state index contributed by atoms with van der Waals surface area (Å²) in [6.45, 7) is 0.304. The van der Waals surface area contributed by atoms with Gasteiger partial charge in [-0.3, -0.25) is 0 Å². The average molecular weight is 240 g/mol. The number of rotatable bonds is 3. The van der Waals surface area contributed by atoms with Gasteiger partial charge in [0.25, 0.3) is 0 Å². The Kier molecular flexibility index (Phi) is 2.61. The molecule has 90 valence electrons. The highest BCUT2D eigenvalue weighted by molar-refractivity contribution is 5.76. The number of nitrogens with zero attached hydrogens (tertiary/aromatic N) is 1. The first kappa shape index (κ1) is 10.7. The molecule has 4 heteroatoms. The third kappa shape index (κ3) is 2.13. The molecule has 0 saturated heterocycles. The highest BCUT2D eigenvalue weighted by Crippen LogP contribution is 2.19. The first-order valence-electron chi connectivity index (χ1n) is 5.64. The fourth-order valence-electron chi connectivity index (χ4n) is 1.72. The molecule has 0 atom stereocenters. The summed E-state index contributed by atoms with van der Waals surface area (Å²) in [5.41, 5.74) is 7.83. The molecule has 2 N–H and O–H groups in total. The van der Waals surface area contributed by atoms with Crippen molar-refractivity contribution in [2.45, 2.75) is 6.61 Å². The molecule has 0 aliphatic rings. The summed E-state index contributed by atoms with van der Waals surface area (Å²) in [4.78, 5) is 4.32. The molecule has 0 fully saturated rings. The third-order valence-electron chi connectivity index (χ3n) is 2.56. The van der Waals surface area contributed by atoms with Crippen LogP contribution in [0.4, 0.5) is 5.69 Å². The quantitative estimate of drug-likeness (QED) is 0.715. The number of benzene rings is 2. The van der Waals surface area contributed by atoms with Gasteiger partial charge in [0.2, 0.25) is 5.89 Å². The molecule has 0 aliphatic carbocycles. The van der Waals surface area contributed by atoms with Crippen molar-refractivity contribution in [1.82, 2.24) is 4.98 Å². The van der Waals surface area contributed by atoms with Gasteiger partial charge in [-0.1, -0.05) is 18.2 Å². The summed E-state index contributed by atoms with van der Waals surface area (Å²) in [5, 5.41) is 0. The maximum Gasteiger partial charge on any atom is 0.233 e. The minimum atomic E-state index is 0.304. The lowest BCUT2D eigenvalue weighted by atomic mass is 10.3. The number of oxazole rings is 1. The second-order valence-corrected chi connectivity index (χ2v) is 3.94. The summed E-state index contributed by atoms with van der Waals surface area (Å²) in [5.74, 6) is 1.33. The number of hydrogen-bond acceptors (Lipinski definition) is 4. The molecule has 3 rings (SSSR count). The second-order valence-electron chi connectivity index (χ2n) is 3.94. The molecular weight excluding hydrogens is 228 g/mol. The number of para-hydroxylation sites is 1. The Morgan fingerprint density at radius 3 is 2.78 bits per heavy atom. The number of aromatic nitrogens is 1. The van der Waals surface area contributed by atoms with E-state index in [0.717, 1.165) is 16.8 Å². The largest absolute Gasteiger partial charge is 0.484 e. The zero-order valence-corrected chi connectivity index (χ0v) is 9.67. The van der Waals surface area contributed by atoms with Gasteiger partial charge in [-0.15, -0.1) is 0 Å². The van der Waals surface area contributed by atoms with Crippen molar-refractivity contribution in [3.8, 4) is 5.75 Å². The Hall–Kier alpha value is -2.49. The number of hydrogen-bond donors (Lipinski definition) is 1. The molecule has 0 amide bonds. The van der Waals surface area contributed by atoms with Gasteiger partial charge in [0.1, 0.15) is 11.3 Å². The lowest BCUT2D eigenvalue weighted by Crippen LogP contribution is -1.94. The molecule has 0 radical (unpaired) electrons. The van der Waals surface area contributed by atoms with Crippen LogP contribution >= 0.6 is 0 Å². The summed E-state index contributed by atoms with van der Waals surface area (Å²) in [7, 11) is 0. The molecule has 4 nitrogen and oxygen atoms in total. The zero-order chi connectivity index (χ0) is 12.4. The Labute approximate surface area is 104 Å². The maximum atomic E-state index is 5.69. The molecule has 0 saturated carbocycles. The number of anilines is 1. The van der Waals surface area contributed by atoms with Crippen LogP contribution < -0.4 is 10.5 Å². The minimum absolute atomic E-state index is 0.304. The van der Waals surface area contributed by atoms with Crippen molar-refractivity contribution in [1.29, 1.82) is 0 Å². The van der Waals surface area contributed by atoms with Crippen molar-refractivity contribution in [2.24, 2.45) is 0 Å². The van der Waals surface area contributed by atoms with Crippen LogP contribution in [0.25, 0.3) is 11.1 Å². The third-order valence-corrected chi connectivity index (χ3v) is 2.56. The first-order chi connectivity index (χ1) is 8.81. The van der Waals surface area contributed by atoms with Crippen LogP contribution in [0.5, 0.6) is 5.75 Å². The molecule has 0 unspecified atom stereocenters. The molecule has 1 heterocycles. The molecule has 0 spiro atoms. The van der Waals surface area contributed by atoms with E-state index >= 15 is 0 Å². The lowest BCUT2D eigenvalue weighted by molar-refractivity contribution is 0.267. The topological polar surface area (TPSA) is 61.3 Å². The summed E-state index contributed by atoms with van der Waals surface area (Å²) < 4.78 is 11.1. The van der Waals surface area contributed by atoms with Gasteiger partial charge in [-0.05, 0) is 30.3 Å². The fraction of sp³-hybridized carbons (Fsp3) is 0.0714. The van der Waals surface area contributed by atoms with Crippen molar-refractivity contribution in [3.63, 3.8) is 0 Å². The van der Waals surface area contributed by atoms with E-state index in [1.165, 1.54) is 0 Å². The summed E-state index contributed by atoms with van der Waals surface area (Å²) >= 11 is 0. The van der Waals surface area contributed by atoms with Crippen LogP contribution in [0, 0.1) is 0 Å². The van der Waals surface area contributed by atoms with Crippen LogP contribution in [-0.4, -0.2) is 4.98 Å². The van der Waals surface area contributed by atoms with Gasteiger partial charge in [0.05, 0.1) is 0 Å². The van der Waals surface area contributed by atoms with Gasteiger partial charge >= 0.3 is 0 Å². The Bertz CT molecular complexity index is 662. The van der Waals surface area contributed by atoms with Gasteiger partial charge < -0.3 is 14.9 Å². The first-order valence-corrected chi connectivity index (χ1v) is 5.64. The van der Waals surface area contributed by atoms with E-state index in [1.807, 2.05) is 36.4 Å². The Morgan fingerprint density at radius 1 is 1.11 bits per heavy atom. The van der Waals surface area contributed by atoms with Crippen molar-refractivity contribution < 1.29 is 9.15 Å². The highest BCUT2D eigenvalue weighted by atomic mass is 16.5. The number of nitrogen functional groups attached to an aromatic ring is 1. The van der Waals surface area contributed by atoms with Gasteiger partial charge in [-0.2, -0.15) is 0 Å². The highest BCUT2D eigenvalue weighted by Gasteiger charge is 2.06. The minimum Gasteiger partial charge on any atom is -0.484 e. The number of nitrogens with two attached hydrogens (primary N) is 1. The monoisotopic (exact) mass is 240 g/mol. The molecule has 1 aromatic heterocycles. The van der Waals surface area contributed by atoms with Gasteiger partial charge in [-0.25, -0.2) is 4.98 Å². The molecule has 2 aromatic carbocycles. The van der Waals surface area contributed by atoms with Crippen molar-refractivity contribution >= 4 is 16.8 Å². The van der Waals surface area contributed by atoms with Crippen LogP contribution in [0.15, 0.2) is 52.9 Å². The fourth-order valence-corrected chi connectivity index (χ4v) is 1.72. The lowest BCUT2D eigenvalue weighted by Gasteiger charge is -2.01. The predicted molar refractivity (Wildman–Crippen MR) is 69.2 cm³/mol. The maximum absolute atomic E-state index is 5.69. The molecule has 3 aromatic rings. The van der Waals surface area contributed by atoms with Gasteiger partial charge in [0, 0.05) is 5.69 Å². The molecule has 0 aliphatic heterocycles. The van der Waals surface area contributed by atoms with E-state index in [4.69, 9.17) is 14.9 Å². The average Bonchev–Trinajstić information content (AvgIpc) is 2.79. The normalized spacial score (nSPS) is 10.7. The SMILES string of the molecule is Nc1ccc2oc(COc3ccccc3)nc2c1. The van der Waals surface area contributed by atoms with E-state index in [9.17, 15) is 0 Å². The standard InChI is InChI=1S/C14H12N2O2/c15-10-6-7-13-12(8-10)16-14(18-13)9-17-11-4-2-1-3-5-11/h1-8H,9,15H2. The van der Waals surface area contributed by atoms with Crippen LogP contribution in [0.2, 0.25) is 0 Å². The summed E-state index contributed by atoms with van der Waals surface area (Å²) in [6.07, 6.45) is 0. The van der Waals surface area contributed by atoms with E-state index < -0.39 is 0 Å². The predicted octanol–water partition coefficient (Wildman–Crippen LogP) is 2.99. The Morgan fingerprint density at radius 2 is 1.94 bits per heavy atom. The van der Waals surface area contributed by atoms with E-state index in [1.54, 1.807) is 12.1 Å². The second kappa shape index (κ2) is 4.41. The van der Waals surface area contributed by atoms with E-state index in [2.05, 4.69) is 4.98 Å². The summed E-state index contributed by atoms with van der Waals surface area (Å²) in [6, 6.07) is 14.9. The van der Waals surface area contributed by atoms with Crippen LogP contribution in [-0.2, 0) is 6.61 Å². The van der Waals surface area contributed by atoms with E-state index in [-0.39, 0.29) is 0 Å². The van der Waals surface area contributed by atoms with Crippen molar-refractivity contribution in [3.05, 3.63) is 54.4 Å². The number of fused-ring (bicyclic) bond motifs is 1. The van der Waals surface area contributed by atoms with Crippen LogP contribution in [0.1, 0.15) is 5.89 Å².